The van der Waals surface area contributed by atoms with Crippen LogP contribution in [-0.4, -0.2) is 36.2 Å². The van der Waals surface area contributed by atoms with Gasteiger partial charge in [-0.2, -0.15) is 0 Å². The van der Waals surface area contributed by atoms with Crippen molar-refractivity contribution in [3.63, 3.8) is 0 Å². The van der Waals surface area contributed by atoms with Crippen molar-refractivity contribution in [3.05, 3.63) is 41.6 Å². The fourth-order valence-electron chi connectivity index (χ4n) is 4.31. The van der Waals surface area contributed by atoms with Gasteiger partial charge in [0.25, 0.3) is 0 Å². The molecule has 1 aromatic carbocycles. The zero-order valence-corrected chi connectivity index (χ0v) is 14.7. The van der Waals surface area contributed by atoms with Crippen molar-refractivity contribution in [2.24, 2.45) is 0 Å². The first-order valence-electron chi connectivity index (χ1n) is 9.46. The van der Waals surface area contributed by atoms with Crippen LogP contribution in [0.2, 0.25) is 0 Å². The predicted molar refractivity (Wildman–Crippen MR) is 98.3 cm³/mol. The molecule has 0 atom stereocenters. The van der Waals surface area contributed by atoms with E-state index in [1.165, 1.54) is 55.4 Å². The van der Waals surface area contributed by atoms with Gasteiger partial charge in [-0.1, -0.05) is 12.1 Å². The molecule has 0 spiro atoms. The van der Waals surface area contributed by atoms with Gasteiger partial charge in [0.15, 0.2) is 0 Å². The maximum absolute atomic E-state index is 5.49. The smallest absolute Gasteiger partial charge is 0.0705 e. The number of pyridine rings is 1. The SMILES string of the molecule is CO[C@H]1CC[C@@H](c2ccc3cc(CN4CCCC4)ccc3n2)CC1. The van der Waals surface area contributed by atoms with Crippen LogP contribution in [0.15, 0.2) is 30.3 Å². The lowest BCUT2D eigenvalue weighted by atomic mass is 9.85. The molecule has 0 bridgehead atoms. The minimum absolute atomic E-state index is 0.454. The van der Waals surface area contributed by atoms with Gasteiger partial charge in [-0.15, -0.1) is 0 Å². The zero-order valence-electron chi connectivity index (χ0n) is 14.7. The summed E-state index contributed by atoms with van der Waals surface area (Å²) in [5.74, 6) is 0.602. The molecule has 3 nitrogen and oxygen atoms in total. The van der Waals surface area contributed by atoms with Crippen molar-refractivity contribution in [2.75, 3.05) is 20.2 Å². The second-order valence-electron chi connectivity index (χ2n) is 7.46. The molecule has 2 aromatic rings. The Morgan fingerprint density at radius 3 is 2.58 bits per heavy atom. The summed E-state index contributed by atoms with van der Waals surface area (Å²) >= 11 is 0. The van der Waals surface area contributed by atoms with Crippen LogP contribution in [0.1, 0.15) is 55.7 Å². The summed E-state index contributed by atoms with van der Waals surface area (Å²) in [5.41, 5.74) is 3.83. The fraction of sp³-hybridized carbons (Fsp3) is 0.571. The quantitative estimate of drug-likeness (QED) is 0.828. The topological polar surface area (TPSA) is 25.4 Å². The van der Waals surface area contributed by atoms with Crippen molar-refractivity contribution in [1.82, 2.24) is 9.88 Å². The number of methoxy groups -OCH3 is 1. The molecule has 0 unspecified atom stereocenters. The van der Waals surface area contributed by atoms with Gasteiger partial charge in [-0.25, -0.2) is 0 Å². The molecule has 128 valence electrons. The molecule has 3 heteroatoms. The van der Waals surface area contributed by atoms with Crippen molar-refractivity contribution >= 4 is 10.9 Å². The van der Waals surface area contributed by atoms with Crippen LogP contribution in [0.25, 0.3) is 10.9 Å². The van der Waals surface area contributed by atoms with E-state index in [4.69, 9.17) is 9.72 Å². The van der Waals surface area contributed by atoms with E-state index in [9.17, 15) is 0 Å². The third-order valence-corrected chi connectivity index (χ3v) is 5.81. The Morgan fingerprint density at radius 2 is 1.83 bits per heavy atom. The molecule has 0 N–H and O–H groups in total. The highest BCUT2D eigenvalue weighted by Crippen LogP contribution is 2.33. The molecule has 2 aliphatic rings. The Kier molecular flexibility index (Phi) is 4.81. The van der Waals surface area contributed by atoms with Gasteiger partial charge in [-0.05, 0) is 75.4 Å². The van der Waals surface area contributed by atoms with Gasteiger partial charge in [0.05, 0.1) is 11.6 Å². The Bertz CT molecular complexity index is 685. The number of nitrogens with zero attached hydrogens (tertiary/aromatic N) is 2. The number of benzene rings is 1. The molecular formula is C21H28N2O. The summed E-state index contributed by atoms with van der Waals surface area (Å²) in [6.07, 6.45) is 7.88. The van der Waals surface area contributed by atoms with Crippen molar-refractivity contribution in [3.8, 4) is 0 Å². The van der Waals surface area contributed by atoms with Crippen LogP contribution in [0.4, 0.5) is 0 Å². The highest BCUT2D eigenvalue weighted by molar-refractivity contribution is 5.79. The van der Waals surface area contributed by atoms with E-state index in [-0.39, 0.29) is 0 Å². The summed E-state index contributed by atoms with van der Waals surface area (Å²) < 4.78 is 5.49. The Balaban J connectivity index is 1.49. The maximum Gasteiger partial charge on any atom is 0.0705 e. The van der Waals surface area contributed by atoms with Crippen molar-refractivity contribution in [2.45, 2.75) is 57.1 Å². The summed E-state index contributed by atoms with van der Waals surface area (Å²) in [4.78, 5) is 7.52. The van der Waals surface area contributed by atoms with E-state index in [0.29, 0.717) is 12.0 Å². The van der Waals surface area contributed by atoms with Crippen LogP contribution in [0, 0.1) is 0 Å². The minimum Gasteiger partial charge on any atom is -0.381 e. The Morgan fingerprint density at radius 1 is 1.04 bits per heavy atom. The summed E-state index contributed by atoms with van der Waals surface area (Å²) in [6, 6.07) is 11.3. The highest BCUT2D eigenvalue weighted by Gasteiger charge is 2.23. The zero-order chi connectivity index (χ0) is 16.4. The Hall–Kier alpha value is -1.45. The van der Waals surface area contributed by atoms with E-state index in [1.54, 1.807) is 0 Å². The van der Waals surface area contributed by atoms with Crippen molar-refractivity contribution < 1.29 is 4.74 Å². The minimum atomic E-state index is 0.454. The molecule has 1 aromatic heterocycles. The molecule has 24 heavy (non-hydrogen) atoms. The van der Waals surface area contributed by atoms with Gasteiger partial charge in [-0.3, -0.25) is 9.88 Å². The molecule has 1 aliphatic heterocycles. The third kappa shape index (κ3) is 3.47. The van der Waals surface area contributed by atoms with Crippen LogP contribution < -0.4 is 0 Å². The van der Waals surface area contributed by atoms with Crippen LogP contribution >= 0.6 is 0 Å². The van der Waals surface area contributed by atoms with E-state index in [2.05, 4.69) is 35.2 Å². The number of rotatable bonds is 4. The molecular weight excluding hydrogens is 296 g/mol. The van der Waals surface area contributed by atoms with E-state index < -0.39 is 0 Å². The van der Waals surface area contributed by atoms with Crippen molar-refractivity contribution in [1.29, 1.82) is 0 Å². The molecule has 1 aliphatic carbocycles. The lowest BCUT2D eigenvalue weighted by molar-refractivity contribution is 0.0655. The molecule has 0 radical (unpaired) electrons. The number of fused-ring (bicyclic) bond motifs is 1. The number of aromatic nitrogens is 1. The first-order valence-corrected chi connectivity index (χ1v) is 9.46. The lowest BCUT2D eigenvalue weighted by Crippen LogP contribution is -2.19. The molecule has 4 rings (SSSR count). The van der Waals surface area contributed by atoms with E-state index in [1.807, 2.05) is 7.11 Å². The second-order valence-corrected chi connectivity index (χ2v) is 7.46. The van der Waals surface area contributed by atoms with E-state index >= 15 is 0 Å². The molecule has 1 saturated carbocycles. The molecule has 0 amide bonds. The third-order valence-electron chi connectivity index (χ3n) is 5.81. The van der Waals surface area contributed by atoms with Gasteiger partial charge in [0, 0.05) is 30.7 Å². The summed E-state index contributed by atoms with van der Waals surface area (Å²) in [5, 5.41) is 1.28. The lowest BCUT2D eigenvalue weighted by Gasteiger charge is -2.27. The predicted octanol–water partition coefficient (Wildman–Crippen LogP) is 4.50. The van der Waals surface area contributed by atoms with Gasteiger partial charge in [0.2, 0.25) is 0 Å². The first-order chi connectivity index (χ1) is 11.8. The first kappa shape index (κ1) is 16.0. The fourth-order valence-corrected chi connectivity index (χ4v) is 4.31. The van der Waals surface area contributed by atoms with Gasteiger partial charge >= 0.3 is 0 Å². The maximum atomic E-state index is 5.49. The molecule has 2 heterocycles. The van der Waals surface area contributed by atoms with Crippen LogP contribution in [0.5, 0.6) is 0 Å². The van der Waals surface area contributed by atoms with E-state index in [0.717, 1.165) is 24.9 Å². The number of likely N-dealkylation sites (tertiary alicyclic amines) is 1. The Labute approximate surface area is 145 Å². The molecule has 2 fully saturated rings. The van der Waals surface area contributed by atoms with Gasteiger partial charge in [0.1, 0.15) is 0 Å². The monoisotopic (exact) mass is 324 g/mol. The van der Waals surface area contributed by atoms with Crippen LogP contribution in [-0.2, 0) is 11.3 Å². The largest absolute Gasteiger partial charge is 0.381 e. The number of hydrogen-bond donors (Lipinski definition) is 0. The number of ether oxygens (including phenoxy) is 1. The summed E-state index contributed by atoms with van der Waals surface area (Å²) in [6.45, 7) is 3.58. The van der Waals surface area contributed by atoms with Gasteiger partial charge < -0.3 is 4.74 Å². The molecule has 1 saturated heterocycles. The highest BCUT2D eigenvalue weighted by atomic mass is 16.5. The van der Waals surface area contributed by atoms with Crippen LogP contribution in [0.3, 0.4) is 0 Å². The standard InChI is InChI=1S/C21H28N2O/c1-24-19-8-5-17(6-9-19)20-11-7-18-14-16(4-10-21(18)22-20)15-23-12-2-3-13-23/h4,7,10-11,14,17,19H,2-3,5-6,8-9,12-13,15H2,1H3/t17-,19+. The summed E-state index contributed by atoms with van der Waals surface area (Å²) in [7, 11) is 1.83. The average Bonchev–Trinajstić information content (AvgIpc) is 3.14. The number of hydrogen-bond acceptors (Lipinski definition) is 3. The average molecular weight is 324 g/mol. The second kappa shape index (κ2) is 7.20. The normalized spacial score (nSPS) is 25.4.